The minimum Gasteiger partial charge on any atom is -0.353 e. The van der Waals surface area contributed by atoms with Gasteiger partial charge in [-0.25, -0.2) is 0 Å². The van der Waals surface area contributed by atoms with Crippen LogP contribution in [0.3, 0.4) is 0 Å². The van der Waals surface area contributed by atoms with Gasteiger partial charge < -0.3 is 10.6 Å². The van der Waals surface area contributed by atoms with Crippen LogP contribution < -0.4 is 10.6 Å². The van der Waals surface area contributed by atoms with Crippen molar-refractivity contribution in [1.82, 2.24) is 10.6 Å². The lowest BCUT2D eigenvalue weighted by molar-refractivity contribution is -0.121. The Balaban J connectivity index is 1.76. The van der Waals surface area contributed by atoms with Gasteiger partial charge in [0.15, 0.2) is 0 Å². The van der Waals surface area contributed by atoms with Gasteiger partial charge in [-0.05, 0) is 25.8 Å². The minimum absolute atomic E-state index is 0.234. The van der Waals surface area contributed by atoms with E-state index in [1.807, 2.05) is 0 Å². The zero-order chi connectivity index (χ0) is 17.3. The molecule has 1 aliphatic rings. The predicted octanol–water partition coefficient (Wildman–Crippen LogP) is 5.34. The lowest BCUT2D eigenvalue weighted by atomic mass is 9.95. The minimum atomic E-state index is 0.234. The van der Waals surface area contributed by atoms with Gasteiger partial charge in [0.05, 0.1) is 0 Å². The van der Waals surface area contributed by atoms with Gasteiger partial charge in [0.25, 0.3) is 0 Å². The molecule has 3 heteroatoms. The molecule has 0 unspecified atom stereocenters. The molecule has 0 aromatic carbocycles. The fraction of sp³-hybridized carbons (Fsp3) is 0.952. The van der Waals surface area contributed by atoms with Crippen LogP contribution in [0.1, 0.15) is 110 Å². The Hall–Kier alpha value is -0.570. The molecule has 0 aliphatic heterocycles. The molecule has 0 radical (unpaired) electrons. The second-order valence-corrected chi connectivity index (χ2v) is 7.58. The number of hydrogen-bond acceptors (Lipinski definition) is 2. The van der Waals surface area contributed by atoms with Crippen LogP contribution in [0.5, 0.6) is 0 Å². The first-order valence-electron chi connectivity index (χ1n) is 10.8. The molecule has 0 heterocycles. The molecule has 24 heavy (non-hydrogen) atoms. The van der Waals surface area contributed by atoms with Crippen molar-refractivity contribution < 1.29 is 4.79 Å². The SMILES string of the molecule is CCCCCCCCCCCCNCCC(=O)NC1CCCCC1. The molecule has 1 rings (SSSR count). The van der Waals surface area contributed by atoms with E-state index in [0.717, 1.165) is 13.1 Å². The lowest BCUT2D eigenvalue weighted by Crippen LogP contribution is -2.37. The number of carbonyl (C=O) groups excluding carboxylic acids is 1. The Morgan fingerprint density at radius 2 is 1.38 bits per heavy atom. The molecule has 1 fully saturated rings. The standard InChI is InChI=1S/C21H42N2O/c1-2-3-4-5-6-7-8-9-10-14-18-22-19-17-21(24)23-20-15-12-11-13-16-20/h20,22H,2-19H2,1H3,(H,23,24). The third kappa shape index (κ3) is 12.8. The molecule has 0 spiro atoms. The Morgan fingerprint density at radius 3 is 2.00 bits per heavy atom. The quantitative estimate of drug-likeness (QED) is 0.396. The first kappa shape index (κ1) is 21.5. The molecule has 0 atom stereocenters. The van der Waals surface area contributed by atoms with Gasteiger partial charge in [0.1, 0.15) is 0 Å². The van der Waals surface area contributed by atoms with Crippen LogP contribution in [0, 0.1) is 0 Å². The highest BCUT2D eigenvalue weighted by Gasteiger charge is 2.14. The Bertz CT molecular complexity index is 288. The first-order valence-corrected chi connectivity index (χ1v) is 10.8. The summed E-state index contributed by atoms with van der Waals surface area (Å²) in [5, 5.41) is 6.60. The summed E-state index contributed by atoms with van der Waals surface area (Å²) in [6.45, 7) is 4.17. The molecule has 2 N–H and O–H groups in total. The second kappa shape index (κ2) is 15.9. The van der Waals surface area contributed by atoms with Crippen molar-refractivity contribution in [3.8, 4) is 0 Å². The molecule has 1 aliphatic carbocycles. The van der Waals surface area contributed by atoms with E-state index in [2.05, 4.69) is 17.6 Å². The zero-order valence-electron chi connectivity index (χ0n) is 16.2. The van der Waals surface area contributed by atoms with E-state index in [0.29, 0.717) is 12.5 Å². The summed E-state index contributed by atoms with van der Waals surface area (Å²) < 4.78 is 0. The summed E-state index contributed by atoms with van der Waals surface area (Å²) in [7, 11) is 0. The topological polar surface area (TPSA) is 41.1 Å². The van der Waals surface area contributed by atoms with E-state index in [9.17, 15) is 4.79 Å². The fourth-order valence-corrected chi connectivity index (χ4v) is 3.61. The van der Waals surface area contributed by atoms with Crippen LogP contribution in [0.25, 0.3) is 0 Å². The summed E-state index contributed by atoms with van der Waals surface area (Å²) in [6, 6.07) is 0.452. The van der Waals surface area contributed by atoms with Crippen molar-refractivity contribution in [2.75, 3.05) is 13.1 Å². The predicted molar refractivity (Wildman–Crippen MR) is 104 cm³/mol. The average Bonchev–Trinajstić information content (AvgIpc) is 2.60. The van der Waals surface area contributed by atoms with Crippen molar-refractivity contribution in [2.24, 2.45) is 0 Å². The number of rotatable bonds is 15. The third-order valence-electron chi connectivity index (χ3n) is 5.21. The van der Waals surface area contributed by atoms with Gasteiger partial charge in [-0.3, -0.25) is 4.79 Å². The van der Waals surface area contributed by atoms with Gasteiger partial charge >= 0.3 is 0 Å². The van der Waals surface area contributed by atoms with Crippen LogP contribution >= 0.6 is 0 Å². The van der Waals surface area contributed by atoms with Gasteiger partial charge in [-0.1, -0.05) is 84.0 Å². The van der Waals surface area contributed by atoms with Gasteiger partial charge in [-0.15, -0.1) is 0 Å². The van der Waals surface area contributed by atoms with E-state index in [1.54, 1.807) is 0 Å². The highest BCUT2D eigenvalue weighted by atomic mass is 16.1. The van der Waals surface area contributed by atoms with Crippen LogP contribution in [0.15, 0.2) is 0 Å². The van der Waals surface area contributed by atoms with Gasteiger partial charge in [0.2, 0.25) is 5.91 Å². The van der Waals surface area contributed by atoms with Crippen molar-refractivity contribution in [1.29, 1.82) is 0 Å². The van der Waals surface area contributed by atoms with Gasteiger partial charge in [-0.2, -0.15) is 0 Å². The smallest absolute Gasteiger partial charge is 0.221 e. The normalized spacial score (nSPS) is 15.5. The Kier molecular flexibility index (Phi) is 14.3. The van der Waals surface area contributed by atoms with E-state index in [-0.39, 0.29) is 5.91 Å². The number of amides is 1. The van der Waals surface area contributed by atoms with Crippen LogP contribution in [-0.4, -0.2) is 25.0 Å². The summed E-state index contributed by atoms with van der Waals surface area (Å²) in [5.41, 5.74) is 0. The monoisotopic (exact) mass is 338 g/mol. The first-order chi connectivity index (χ1) is 11.8. The number of unbranched alkanes of at least 4 members (excludes halogenated alkanes) is 9. The molecular weight excluding hydrogens is 296 g/mol. The third-order valence-corrected chi connectivity index (χ3v) is 5.21. The highest BCUT2D eigenvalue weighted by Crippen LogP contribution is 2.17. The second-order valence-electron chi connectivity index (χ2n) is 7.58. The molecule has 0 bridgehead atoms. The maximum absolute atomic E-state index is 11.9. The van der Waals surface area contributed by atoms with E-state index in [1.165, 1.54) is 96.3 Å². The summed E-state index contributed by atoms with van der Waals surface area (Å²) in [6.07, 6.45) is 20.7. The van der Waals surface area contributed by atoms with E-state index < -0.39 is 0 Å². The van der Waals surface area contributed by atoms with E-state index >= 15 is 0 Å². The summed E-state index contributed by atoms with van der Waals surface area (Å²) in [5.74, 6) is 0.234. The molecule has 1 amide bonds. The molecule has 142 valence electrons. The number of carbonyl (C=O) groups is 1. The molecule has 3 nitrogen and oxygen atoms in total. The largest absolute Gasteiger partial charge is 0.353 e. The molecule has 1 saturated carbocycles. The molecular formula is C21H42N2O. The molecule has 0 aromatic heterocycles. The van der Waals surface area contributed by atoms with E-state index in [4.69, 9.17) is 0 Å². The maximum atomic E-state index is 11.9. The number of hydrogen-bond donors (Lipinski definition) is 2. The van der Waals surface area contributed by atoms with Crippen molar-refractivity contribution in [3.05, 3.63) is 0 Å². The average molecular weight is 339 g/mol. The van der Waals surface area contributed by atoms with Crippen molar-refractivity contribution in [2.45, 2.75) is 116 Å². The van der Waals surface area contributed by atoms with Crippen LogP contribution in [-0.2, 0) is 4.79 Å². The van der Waals surface area contributed by atoms with Crippen LogP contribution in [0.4, 0.5) is 0 Å². The molecule has 0 saturated heterocycles. The molecule has 0 aromatic rings. The summed E-state index contributed by atoms with van der Waals surface area (Å²) >= 11 is 0. The Morgan fingerprint density at radius 1 is 0.792 bits per heavy atom. The Labute approximate surface area is 150 Å². The summed E-state index contributed by atoms with van der Waals surface area (Å²) in [4.78, 5) is 11.9. The number of nitrogens with one attached hydrogen (secondary N) is 2. The fourth-order valence-electron chi connectivity index (χ4n) is 3.61. The zero-order valence-corrected chi connectivity index (χ0v) is 16.2. The lowest BCUT2D eigenvalue weighted by Gasteiger charge is -2.22. The van der Waals surface area contributed by atoms with Crippen molar-refractivity contribution in [3.63, 3.8) is 0 Å². The highest BCUT2D eigenvalue weighted by molar-refractivity contribution is 5.76. The van der Waals surface area contributed by atoms with Crippen LogP contribution in [0.2, 0.25) is 0 Å². The van der Waals surface area contributed by atoms with Gasteiger partial charge in [0, 0.05) is 19.0 Å². The van der Waals surface area contributed by atoms with Crippen molar-refractivity contribution >= 4 is 5.91 Å². The maximum Gasteiger partial charge on any atom is 0.221 e.